The lowest BCUT2D eigenvalue weighted by molar-refractivity contribution is 0.302. The van der Waals surface area contributed by atoms with Crippen LogP contribution in [0.3, 0.4) is 0 Å². The van der Waals surface area contributed by atoms with E-state index in [1.807, 2.05) is 6.92 Å². The van der Waals surface area contributed by atoms with Crippen molar-refractivity contribution in [3.8, 4) is 5.75 Å². The fourth-order valence-corrected chi connectivity index (χ4v) is 2.23. The normalized spacial score (nSPS) is 15.9. The SMILES string of the molecule is CC(N)CCCOc1ccc2c(c1)CCC2. The number of aryl methyl sites for hydroxylation is 2. The minimum atomic E-state index is 0.281. The van der Waals surface area contributed by atoms with Gasteiger partial charge in [-0.3, -0.25) is 0 Å². The van der Waals surface area contributed by atoms with Gasteiger partial charge in [0.2, 0.25) is 0 Å². The van der Waals surface area contributed by atoms with Crippen LogP contribution in [0.2, 0.25) is 0 Å². The highest BCUT2D eigenvalue weighted by atomic mass is 16.5. The van der Waals surface area contributed by atoms with Crippen molar-refractivity contribution in [2.24, 2.45) is 5.73 Å². The van der Waals surface area contributed by atoms with E-state index < -0.39 is 0 Å². The molecule has 2 nitrogen and oxygen atoms in total. The van der Waals surface area contributed by atoms with Crippen molar-refractivity contribution in [3.63, 3.8) is 0 Å². The second kappa shape index (κ2) is 5.35. The summed E-state index contributed by atoms with van der Waals surface area (Å²) in [4.78, 5) is 0. The molecule has 2 rings (SSSR count). The number of fused-ring (bicyclic) bond motifs is 1. The molecule has 0 aliphatic heterocycles. The number of benzene rings is 1. The average molecular weight is 219 g/mol. The molecular formula is C14H21NO. The Bertz CT molecular complexity index is 347. The monoisotopic (exact) mass is 219 g/mol. The highest BCUT2D eigenvalue weighted by Gasteiger charge is 2.10. The van der Waals surface area contributed by atoms with Gasteiger partial charge in [-0.05, 0) is 62.3 Å². The molecule has 16 heavy (non-hydrogen) atoms. The van der Waals surface area contributed by atoms with Crippen LogP contribution < -0.4 is 10.5 Å². The van der Waals surface area contributed by atoms with Crippen LogP contribution in [-0.4, -0.2) is 12.6 Å². The van der Waals surface area contributed by atoms with Crippen LogP contribution in [0.15, 0.2) is 18.2 Å². The Hall–Kier alpha value is -1.02. The van der Waals surface area contributed by atoms with Gasteiger partial charge in [-0.1, -0.05) is 6.07 Å². The summed E-state index contributed by atoms with van der Waals surface area (Å²) in [5.74, 6) is 1.02. The third-order valence-electron chi connectivity index (χ3n) is 3.14. The minimum Gasteiger partial charge on any atom is -0.494 e. The molecule has 0 bridgehead atoms. The zero-order valence-electron chi connectivity index (χ0n) is 10.0. The van der Waals surface area contributed by atoms with Crippen molar-refractivity contribution in [2.45, 2.75) is 45.1 Å². The molecule has 0 fully saturated rings. The molecule has 0 saturated carbocycles. The summed E-state index contributed by atoms with van der Waals surface area (Å²) >= 11 is 0. The number of hydrogen-bond acceptors (Lipinski definition) is 2. The highest BCUT2D eigenvalue weighted by molar-refractivity contribution is 5.38. The summed E-state index contributed by atoms with van der Waals surface area (Å²) in [7, 11) is 0. The van der Waals surface area contributed by atoms with Crippen molar-refractivity contribution in [2.75, 3.05) is 6.61 Å². The first-order valence-electron chi connectivity index (χ1n) is 6.26. The van der Waals surface area contributed by atoms with Gasteiger partial charge in [-0.15, -0.1) is 0 Å². The summed E-state index contributed by atoms with van der Waals surface area (Å²) in [6, 6.07) is 6.79. The molecule has 1 atom stereocenters. The first-order valence-corrected chi connectivity index (χ1v) is 6.26. The zero-order valence-corrected chi connectivity index (χ0v) is 10.0. The van der Waals surface area contributed by atoms with Gasteiger partial charge in [0.15, 0.2) is 0 Å². The van der Waals surface area contributed by atoms with Crippen molar-refractivity contribution >= 4 is 0 Å². The van der Waals surface area contributed by atoms with E-state index in [0.717, 1.165) is 25.2 Å². The molecule has 0 amide bonds. The van der Waals surface area contributed by atoms with Crippen LogP contribution >= 0.6 is 0 Å². The quantitative estimate of drug-likeness (QED) is 0.773. The summed E-state index contributed by atoms with van der Waals surface area (Å²) in [5.41, 5.74) is 8.67. The van der Waals surface area contributed by atoms with Gasteiger partial charge in [-0.2, -0.15) is 0 Å². The second-order valence-electron chi connectivity index (χ2n) is 4.75. The molecule has 2 N–H and O–H groups in total. The molecule has 0 saturated heterocycles. The topological polar surface area (TPSA) is 35.2 Å². The number of nitrogens with two attached hydrogens (primary N) is 1. The van der Waals surface area contributed by atoms with E-state index in [4.69, 9.17) is 10.5 Å². The molecule has 1 aliphatic rings. The molecule has 88 valence electrons. The molecule has 2 heteroatoms. The van der Waals surface area contributed by atoms with E-state index in [2.05, 4.69) is 18.2 Å². The maximum atomic E-state index is 5.73. The Morgan fingerprint density at radius 2 is 2.12 bits per heavy atom. The van der Waals surface area contributed by atoms with Crippen LogP contribution in [0.4, 0.5) is 0 Å². The summed E-state index contributed by atoms with van der Waals surface area (Å²) in [6.07, 6.45) is 5.82. The average Bonchev–Trinajstić information content (AvgIpc) is 2.71. The molecule has 1 aromatic rings. The van der Waals surface area contributed by atoms with E-state index >= 15 is 0 Å². The summed E-state index contributed by atoms with van der Waals surface area (Å²) in [5, 5.41) is 0. The summed E-state index contributed by atoms with van der Waals surface area (Å²) < 4.78 is 5.73. The van der Waals surface area contributed by atoms with E-state index in [-0.39, 0.29) is 6.04 Å². The Kier molecular flexibility index (Phi) is 3.83. The lowest BCUT2D eigenvalue weighted by Crippen LogP contribution is -2.15. The predicted octanol–water partition coefficient (Wildman–Crippen LogP) is 2.68. The predicted molar refractivity (Wildman–Crippen MR) is 66.8 cm³/mol. The Morgan fingerprint density at radius 1 is 1.31 bits per heavy atom. The van der Waals surface area contributed by atoms with Crippen molar-refractivity contribution < 1.29 is 4.74 Å². The highest BCUT2D eigenvalue weighted by Crippen LogP contribution is 2.26. The van der Waals surface area contributed by atoms with Crippen LogP contribution in [-0.2, 0) is 12.8 Å². The van der Waals surface area contributed by atoms with E-state index in [1.165, 1.54) is 30.4 Å². The minimum absolute atomic E-state index is 0.281. The molecule has 0 aromatic heterocycles. The lowest BCUT2D eigenvalue weighted by atomic mass is 10.1. The number of rotatable bonds is 5. The van der Waals surface area contributed by atoms with Crippen LogP contribution in [0, 0.1) is 0 Å². The standard InChI is InChI=1S/C14H21NO/c1-11(15)4-3-9-16-14-8-7-12-5-2-6-13(12)10-14/h7-8,10-11H,2-6,9,15H2,1H3. The van der Waals surface area contributed by atoms with Crippen LogP contribution in [0.5, 0.6) is 5.75 Å². The Morgan fingerprint density at radius 3 is 2.94 bits per heavy atom. The van der Waals surface area contributed by atoms with Gasteiger partial charge in [-0.25, -0.2) is 0 Å². The smallest absolute Gasteiger partial charge is 0.119 e. The summed E-state index contributed by atoms with van der Waals surface area (Å²) in [6.45, 7) is 2.82. The Balaban J connectivity index is 1.81. The first kappa shape index (κ1) is 11.5. The van der Waals surface area contributed by atoms with Gasteiger partial charge in [0, 0.05) is 6.04 Å². The van der Waals surface area contributed by atoms with Crippen LogP contribution in [0.25, 0.3) is 0 Å². The zero-order chi connectivity index (χ0) is 11.4. The lowest BCUT2D eigenvalue weighted by Gasteiger charge is -2.09. The largest absolute Gasteiger partial charge is 0.494 e. The van der Waals surface area contributed by atoms with E-state index in [1.54, 1.807) is 0 Å². The van der Waals surface area contributed by atoms with E-state index in [9.17, 15) is 0 Å². The molecule has 0 radical (unpaired) electrons. The number of ether oxygens (including phenoxy) is 1. The van der Waals surface area contributed by atoms with Gasteiger partial charge in [0.05, 0.1) is 6.61 Å². The third-order valence-corrected chi connectivity index (χ3v) is 3.14. The molecule has 0 heterocycles. The van der Waals surface area contributed by atoms with E-state index in [0.29, 0.717) is 0 Å². The molecular weight excluding hydrogens is 198 g/mol. The Labute approximate surface area is 97.8 Å². The van der Waals surface area contributed by atoms with Gasteiger partial charge in [0.1, 0.15) is 5.75 Å². The van der Waals surface area contributed by atoms with Gasteiger partial charge >= 0.3 is 0 Å². The van der Waals surface area contributed by atoms with Gasteiger partial charge in [0.25, 0.3) is 0 Å². The van der Waals surface area contributed by atoms with Crippen LogP contribution in [0.1, 0.15) is 37.3 Å². The maximum absolute atomic E-state index is 5.73. The molecule has 1 aliphatic carbocycles. The molecule has 1 aromatic carbocycles. The van der Waals surface area contributed by atoms with Crippen molar-refractivity contribution in [1.82, 2.24) is 0 Å². The molecule has 0 spiro atoms. The van der Waals surface area contributed by atoms with Crippen molar-refractivity contribution in [1.29, 1.82) is 0 Å². The second-order valence-corrected chi connectivity index (χ2v) is 4.75. The number of hydrogen-bond donors (Lipinski definition) is 1. The van der Waals surface area contributed by atoms with Gasteiger partial charge < -0.3 is 10.5 Å². The third kappa shape index (κ3) is 2.99. The first-order chi connectivity index (χ1) is 7.75. The fraction of sp³-hybridized carbons (Fsp3) is 0.571. The molecule has 1 unspecified atom stereocenters. The maximum Gasteiger partial charge on any atom is 0.119 e. The van der Waals surface area contributed by atoms with Crippen molar-refractivity contribution in [3.05, 3.63) is 29.3 Å². The fourth-order valence-electron chi connectivity index (χ4n) is 2.23.